The minimum atomic E-state index is -0.602. The molecule has 1 aliphatic heterocycles. The lowest BCUT2D eigenvalue weighted by molar-refractivity contribution is -0.116. The second-order valence-corrected chi connectivity index (χ2v) is 8.65. The molecule has 0 radical (unpaired) electrons. The Morgan fingerprint density at radius 3 is 2.56 bits per heavy atom. The first-order chi connectivity index (χ1) is 16.5. The monoisotopic (exact) mass is 453 g/mol. The average molecular weight is 454 g/mol. The number of allylic oxidation sites excluding steroid dienone is 3. The van der Waals surface area contributed by atoms with Gasteiger partial charge >= 0.3 is 0 Å². The number of pyridine rings is 1. The first-order valence-corrected chi connectivity index (χ1v) is 11.3. The minimum absolute atomic E-state index is 0.00168. The number of nitrogens with zero attached hydrogens (tertiary/aromatic N) is 1. The van der Waals surface area contributed by atoms with E-state index in [1.807, 2.05) is 49.4 Å². The van der Waals surface area contributed by atoms with E-state index in [4.69, 9.17) is 0 Å². The molecule has 2 aromatic carbocycles. The number of aromatic nitrogens is 1. The van der Waals surface area contributed by atoms with E-state index >= 15 is 0 Å². The summed E-state index contributed by atoms with van der Waals surface area (Å²) in [5.41, 5.74) is 4.59. The molecule has 3 aromatic rings. The first kappa shape index (κ1) is 21.8. The summed E-state index contributed by atoms with van der Waals surface area (Å²) in [6, 6.07) is 21.3. The molecule has 0 fully saturated rings. The number of nitrogens with one attached hydrogen (secondary N) is 2. The Hall–Kier alpha value is -4.06. The molecular weight excluding hydrogens is 429 g/mol. The second-order valence-electron chi connectivity index (χ2n) is 8.65. The lowest BCUT2D eigenvalue weighted by Gasteiger charge is -2.36. The van der Waals surface area contributed by atoms with Crippen LogP contribution in [0.5, 0.6) is 0 Å². The Morgan fingerprint density at radius 2 is 1.82 bits per heavy atom. The van der Waals surface area contributed by atoms with Crippen LogP contribution in [0.15, 0.2) is 102 Å². The predicted molar refractivity (Wildman–Crippen MR) is 128 cm³/mol. The highest BCUT2D eigenvalue weighted by Crippen LogP contribution is 2.45. The van der Waals surface area contributed by atoms with Crippen LogP contribution in [-0.2, 0) is 9.59 Å². The van der Waals surface area contributed by atoms with Crippen LogP contribution in [0.3, 0.4) is 0 Å². The number of halogens is 1. The van der Waals surface area contributed by atoms with Crippen molar-refractivity contribution in [1.29, 1.82) is 0 Å². The van der Waals surface area contributed by atoms with Crippen molar-refractivity contribution in [2.45, 2.75) is 31.6 Å². The van der Waals surface area contributed by atoms with E-state index in [0.717, 1.165) is 11.3 Å². The Kier molecular flexibility index (Phi) is 5.80. The molecule has 1 aliphatic carbocycles. The third-order valence-electron chi connectivity index (χ3n) is 6.41. The fourth-order valence-corrected chi connectivity index (χ4v) is 4.91. The molecule has 1 amide bonds. The maximum absolute atomic E-state index is 13.7. The molecule has 2 aliphatic rings. The van der Waals surface area contributed by atoms with Gasteiger partial charge in [0.1, 0.15) is 5.82 Å². The Labute approximate surface area is 197 Å². The summed E-state index contributed by atoms with van der Waals surface area (Å²) in [5, 5.41) is 6.14. The van der Waals surface area contributed by atoms with Crippen LogP contribution in [-0.4, -0.2) is 16.7 Å². The van der Waals surface area contributed by atoms with Gasteiger partial charge in [0.15, 0.2) is 5.78 Å². The number of dihydropyridines is 1. The number of ketones is 1. The summed E-state index contributed by atoms with van der Waals surface area (Å²) < 4.78 is 13.7. The van der Waals surface area contributed by atoms with Gasteiger partial charge in [0, 0.05) is 40.8 Å². The summed E-state index contributed by atoms with van der Waals surface area (Å²) >= 11 is 0. The molecule has 0 bridgehead atoms. The Morgan fingerprint density at radius 1 is 1.03 bits per heavy atom. The average Bonchev–Trinajstić information content (AvgIpc) is 2.84. The number of benzene rings is 2. The third kappa shape index (κ3) is 4.15. The van der Waals surface area contributed by atoms with E-state index in [9.17, 15) is 14.0 Å². The van der Waals surface area contributed by atoms with Gasteiger partial charge in [-0.05, 0) is 55.2 Å². The highest BCUT2D eigenvalue weighted by atomic mass is 19.1. The molecule has 0 saturated carbocycles. The fraction of sp³-hybridized carbons (Fsp3) is 0.179. The summed E-state index contributed by atoms with van der Waals surface area (Å²) in [4.78, 5) is 31.5. The van der Waals surface area contributed by atoms with Gasteiger partial charge in [0.25, 0.3) is 5.91 Å². The van der Waals surface area contributed by atoms with Crippen LogP contribution in [0.25, 0.3) is 0 Å². The molecule has 2 N–H and O–H groups in total. The number of anilines is 1. The lowest BCUT2D eigenvalue weighted by atomic mass is 9.72. The standard InChI is InChI=1S/C28H24FN3O2/c1-17-25(28(34)32-21-11-7-10-20(29)16-21)27(22-12-5-6-13-30-22)26-23(31-17)14-19(15-24(26)33)18-8-3-2-4-9-18/h2-13,16,19,27,31H,14-15H2,1H3,(H,32,34). The molecule has 6 heteroatoms. The number of hydrogen-bond acceptors (Lipinski definition) is 4. The SMILES string of the molecule is CC1=C(C(=O)Nc2cccc(F)c2)C(c2ccccn2)C2=C(CC(c3ccccc3)CC2=O)N1. The molecule has 5 rings (SSSR count). The topological polar surface area (TPSA) is 71.1 Å². The molecule has 0 saturated heterocycles. The number of rotatable bonds is 4. The highest BCUT2D eigenvalue weighted by molar-refractivity contribution is 6.09. The zero-order valence-electron chi connectivity index (χ0n) is 18.7. The van der Waals surface area contributed by atoms with Gasteiger partial charge in [-0.25, -0.2) is 4.39 Å². The van der Waals surface area contributed by atoms with Gasteiger partial charge < -0.3 is 10.6 Å². The smallest absolute Gasteiger partial charge is 0.254 e. The zero-order chi connectivity index (χ0) is 23.7. The predicted octanol–water partition coefficient (Wildman–Crippen LogP) is 5.22. The summed E-state index contributed by atoms with van der Waals surface area (Å²) in [6.07, 6.45) is 2.70. The number of carbonyl (C=O) groups is 2. The maximum atomic E-state index is 13.7. The molecule has 2 atom stereocenters. The molecule has 34 heavy (non-hydrogen) atoms. The van der Waals surface area contributed by atoms with Gasteiger partial charge in [-0.1, -0.05) is 42.5 Å². The van der Waals surface area contributed by atoms with Gasteiger partial charge in [0.2, 0.25) is 0 Å². The highest BCUT2D eigenvalue weighted by Gasteiger charge is 2.41. The molecule has 0 spiro atoms. The van der Waals surface area contributed by atoms with Crippen LogP contribution in [0, 0.1) is 5.82 Å². The van der Waals surface area contributed by atoms with E-state index in [0.29, 0.717) is 41.1 Å². The van der Waals surface area contributed by atoms with Crippen molar-refractivity contribution in [2.75, 3.05) is 5.32 Å². The van der Waals surface area contributed by atoms with Crippen LogP contribution >= 0.6 is 0 Å². The van der Waals surface area contributed by atoms with E-state index in [-0.39, 0.29) is 11.7 Å². The molecular formula is C28H24FN3O2. The minimum Gasteiger partial charge on any atom is -0.362 e. The van der Waals surface area contributed by atoms with E-state index in [2.05, 4.69) is 15.6 Å². The van der Waals surface area contributed by atoms with Crippen molar-refractivity contribution in [1.82, 2.24) is 10.3 Å². The van der Waals surface area contributed by atoms with Crippen molar-refractivity contribution < 1.29 is 14.0 Å². The first-order valence-electron chi connectivity index (χ1n) is 11.3. The normalized spacial score (nSPS) is 20.0. The molecule has 170 valence electrons. The van der Waals surface area contributed by atoms with E-state index < -0.39 is 17.6 Å². The Balaban J connectivity index is 1.55. The maximum Gasteiger partial charge on any atom is 0.254 e. The summed E-state index contributed by atoms with van der Waals surface area (Å²) in [7, 11) is 0. The summed E-state index contributed by atoms with van der Waals surface area (Å²) in [6.45, 7) is 1.83. The molecule has 1 aromatic heterocycles. The largest absolute Gasteiger partial charge is 0.362 e. The van der Waals surface area contributed by atoms with Gasteiger partial charge in [-0.3, -0.25) is 14.6 Å². The Bertz CT molecular complexity index is 1320. The van der Waals surface area contributed by atoms with Crippen molar-refractivity contribution in [3.63, 3.8) is 0 Å². The van der Waals surface area contributed by atoms with Crippen LogP contribution in [0.1, 0.15) is 42.9 Å². The van der Waals surface area contributed by atoms with Gasteiger partial charge in [0.05, 0.1) is 11.6 Å². The number of amides is 1. The number of Topliss-reactive ketones (excluding diaryl/α,β-unsaturated/α-hetero) is 1. The van der Waals surface area contributed by atoms with Gasteiger partial charge in [-0.15, -0.1) is 0 Å². The van der Waals surface area contributed by atoms with Crippen molar-refractivity contribution in [3.8, 4) is 0 Å². The van der Waals surface area contributed by atoms with E-state index in [1.165, 1.54) is 18.2 Å². The van der Waals surface area contributed by atoms with E-state index in [1.54, 1.807) is 18.3 Å². The van der Waals surface area contributed by atoms with Crippen molar-refractivity contribution >= 4 is 17.4 Å². The molecule has 2 heterocycles. The lowest BCUT2D eigenvalue weighted by Crippen LogP contribution is -2.37. The quantitative estimate of drug-likeness (QED) is 0.568. The second kappa shape index (κ2) is 9.06. The zero-order valence-corrected chi connectivity index (χ0v) is 18.7. The summed E-state index contributed by atoms with van der Waals surface area (Å²) in [5.74, 6) is -1.36. The van der Waals surface area contributed by atoms with Gasteiger partial charge in [-0.2, -0.15) is 0 Å². The number of hydrogen-bond donors (Lipinski definition) is 2. The molecule has 2 unspecified atom stereocenters. The van der Waals surface area contributed by atoms with Crippen molar-refractivity contribution in [2.24, 2.45) is 0 Å². The fourth-order valence-electron chi connectivity index (χ4n) is 4.91. The van der Waals surface area contributed by atoms with Crippen LogP contribution < -0.4 is 10.6 Å². The number of carbonyl (C=O) groups excluding carboxylic acids is 2. The van der Waals surface area contributed by atoms with Crippen molar-refractivity contribution in [3.05, 3.63) is 119 Å². The van der Waals surface area contributed by atoms with Crippen LogP contribution in [0.2, 0.25) is 0 Å². The van der Waals surface area contributed by atoms with Crippen LogP contribution in [0.4, 0.5) is 10.1 Å². The molecule has 5 nitrogen and oxygen atoms in total. The third-order valence-corrected chi connectivity index (χ3v) is 6.41.